The van der Waals surface area contributed by atoms with Gasteiger partial charge in [-0.05, 0) is 24.1 Å². The van der Waals surface area contributed by atoms with Gasteiger partial charge in [-0.15, -0.1) is 0 Å². The predicted octanol–water partition coefficient (Wildman–Crippen LogP) is 2.74. The SMILES string of the molecule is CC[C@@H](OC(=O)c1cnn(C)c1)c1cccc(OC)c1. The number of carbonyl (C=O) groups excluding carboxylic acids is 1. The second kappa shape index (κ2) is 6.23. The highest BCUT2D eigenvalue weighted by molar-refractivity contribution is 5.88. The van der Waals surface area contributed by atoms with E-state index in [9.17, 15) is 4.79 Å². The molecule has 2 aromatic rings. The second-order valence-electron chi connectivity index (χ2n) is 4.48. The maximum Gasteiger partial charge on any atom is 0.341 e. The van der Waals surface area contributed by atoms with Crippen LogP contribution in [0.25, 0.3) is 0 Å². The van der Waals surface area contributed by atoms with Gasteiger partial charge in [0.2, 0.25) is 0 Å². The molecule has 0 saturated carbocycles. The fraction of sp³-hybridized carbons (Fsp3) is 0.333. The van der Waals surface area contributed by atoms with E-state index in [1.807, 2.05) is 31.2 Å². The summed E-state index contributed by atoms with van der Waals surface area (Å²) in [5, 5.41) is 3.97. The van der Waals surface area contributed by atoms with E-state index in [-0.39, 0.29) is 12.1 Å². The Labute approximate surface area is 118 Å². The van der Waals surface area contributed by atoms with Crippen LogP contribution in [0.2, 0.25) is 0 Å². The molecule has 0 aliphatic carbocycles. The Hall–Kier alpha value is -2.30. The van der Waals surface area contributed by atoms with E-state index >= 15 is 0 Å². The van der Waals surface area contributed by atoms with Gasteiger partial charge in [-0.3, -0.25) is 4.68 Å². The summed E-state index contributed by atoms with van der Waals surface area (Å²) in [5.41, 5.74) is 1.37. The molecule has 5 nitrogen and oxygen atoms in total. The van der Waals surface area contributed by atoms with Gasteiger partial charge in [-0.25, -0.2) is 4.79 Å². The van der Waals surface area contributed by atoms with Crippen LogP contribution in [0.3, 0.4) is 0 Å². The van der Waals surface area contributed by atoms with Crippen molar-refractivity contribution in [3.05, 3.63) is 47.8 Å². The molecule has 1 aromatic carbocycles. The van der Waals surface area contributed by atoms with E-state index in [1.54, 1.807) is 25.0 Å². The fourth-order valence-electron chi connectivity index (χ4n) is 1.95. The van der Waals surface area contributed by atoms with Crippen molar-refractivity contribution < 1.29 is 14.3 Å². The molecule has 0 aliphatic rings. The van der Waals surface area contributed by atoms with Gasteiger partial charge in [-0.1, -0.05) is 19.1 Å². The monoisotopic (exact) mass is 274 g/mol. The summed E-state index contributed by atoms with van der Waals surface area (Å²) in [5.74, 6) is 0.381. The molecule has 2 rings (SSSR count). The summed E-state index contributed by atoms with van der Waals surface area (Å²) in [6.07, 6.45) is 3.54. The Morgan fingerprint density at radius 2 is 2.25 bits per heavy atom. The summed E-state index contributed by atoms with van der Waals surface area (Å²) in [4.78, 5) is 12.0. The van der Waals surface area contributed by atoms with Gasteiger partial charge in [0.15, 0.2) is 0 Å². The molecule has 20 heavy (non-hydrogen) atoms. The van der Waals surface area contributed by atoms with E-state index in [2.05, 4.69) is 5.10 Å². The van der Waals surface area contributed by atoms with Crippen LogP contribution < -0.4 is 4.74 Å². The van der Waals surface area contributed by atoms with Gasteiger partial charge in [0.05, 0.1) is 18.9 Å². The molecule has 0 radical (unpaired) electrons. The lowest BCUT2D eigenvalue weighted by Crippen LogP contribution is -2.10. The lowest BCUT2D eigenvalue weighted by Gasteiger charge is -2.16. The normalized spacial score (nSPS) is 11.9. The molecular weight excluding hydrogens is 256 g/mol. The van der Waals surface area contributed by atoms with E-state index in [0.717, 1.165) is 11.3 Å². The van der Waals surface area contributed by atoms with E-state index < -0.39 is 0 Å². The van der Waals surface area contributed by atoms with Crippen LogP contribution in [-0.4, -0.2) is 22.9 Å². The first-order chi connectivity index (χ1) is 9.63. The average molecular weight is 274 g/mol. The average Bonchev–Trinajstić information content (AvgIpc) is 2.91. The topological polar surface area (TPSA) is 53.3 Å². The van der Waals surface area contributed by atoms with Crippen molar-refractivity contribution in [1.82, 2.24) is 9.78 Å². The van der Waals surface area contributed by atoms with Gasteiger partial charge in [0, 0.05) is 13.2 Å². The van der Waals surface area contributed by atoms with Gasteiger partial charge >= 0.3 is 5.97 Å². The van der Waals surface area contributed by atoms with Crippen molar-refractivity contribution in [1.29, 1.82) is 0 Å². The summed E-state index contributed by atoms with van der Waals surface area (Å²) in [7, 11) is 3.37. The third-order valence-corrected chi connectivity index (χ3v) is 3.03. The number of ether oxygens (including phenoxy) is 2. The second-order valence-corrected chi connectivity index (χ2v) is 4.48. The molecule has 0 unspecified atom stereocenters. The number of methoxy groups -OCH3 is 1. The van der Waals surface area contributed by atoms with Gasteiger partial charge < -0.3 is 9.47 Å². The number of carbonyl (C=O) groups is 1. The smallest absolute Gasteiger partial charge is 0.341 e. The van der Waals surface area contributed by atoms with Crippen LogP contribution in [-0.2, 0) is 11.8 Å². The standard InChI is InChI=1S/C15H18N2O3/c1-4-14(11-6-5-7-13(8-11)19-3)20-15(18)12-9-16-17(2)10-12/h5-10,14H,4H2,1-3H3/t14-/m1/s1. The fourth-order valence-corrected chi connectivity index (χ4v) is 1.95. The Bertz CT molecular complexity index is 592. The van der Waals surface area contributed by atoms with E-state index in [0.29, 0.717) is 12.0 Å². The molecule has 1 heterocycles. The maximum atomic E-state index is 12.0. The van der Waals surface area contributed by atoms with Gasteiger partial charge in [-0.2, -0.15) is 5.10 Å². The number of aromatic nitrogens is 2. The summed E-state index contributed by atoms with van der Waals surface area (Å²) in [6, 6.07) is 7.55. The Morgan fingerprint density at radius 1 is 1.45 bits per heavy atom. The Kier molecular flexibility index (Phi) is 4.40. The third kappa shape index (κ3) is 3.17. The van der Waals surface area contributed by atoms with Gasteiger partial charge in [0.1, 0.15) is 11.9 Å². The molecule has 0 N–H and O–H groups in total. The highest BCUT2D eigenvalue weighted by Gasteiger charge is 2.17. The van der Waals surface area contributed by atoms with E-state index in [4.69, 9.17) is 9.47 Å². The molecule has 5 heteroatoms. The van der Waals surface area contributed by atoms with Crippen LogP contribution in [0.4, 0.5) is 0 Å². The van der Waals surface area contributed by atoms with Crippen LogP contribution in [0.5, 0.6) is 5.75 Å². The van der Waals surface area contributed by atoms with Crippen molar-refractivity contribution in [2.45, 2.75) is 19.4 Å². The highest BCUT2D eigenvalue weighted by atomic mass is 16.5. The first-order valence-corrected chi connectivity index (χ1v) is 6.47. The third-order valence-electron chi connectivity index (χ3n) is 3.03. The van der Waals surface area contributed by atoms with Crippen LogP contribution in [0.1, 0.15) is 35.4 Å². The lowest BCUT2D eigenvalue weighted by atomic mass is 10.1. The zero-order valence-electron chi connectivity index (χ0n) is 11.9. The largest absolute Gasteiger partial charge is 0.497 e. The number of esters is 1. The van der Waals surface area contributed by atoms with Gasteiger partial charge in [0.25, 0.3) is 0 Å². The number of nitrogens with zero attached hydrogens (tertiary/aromatic N) is 2. The van der Waals surface area contributed by atoms with Crippen LogP contribution in [0.15, 0.2) is 36.7 Å². The van der Waals surface area contributed by atoms with E-state index in [1.165, 1.54) is 6.20 Å². The molecule has 0 saturated heterocycles. The first kappa shape index (κ1) is 14.1. The van der Waals surface area contributed by atoms with Crippen molar-refractivity contribution in [2.24, 2.45) is 7.05 Å². The molecule has 1 aromatic heterocycles. The van der Waals surface area contributed by atoms with Crippen molar-refractivity contribution in [2.75, 3.05) is 7.11 Å². The van der Waals surface area contributed by atoms with Crippen molar-refractivity contribution >= 4 is 5.97 Å². The summed E-state index contributed by atoms with van der Waals surface area (Å²) in [6.45, 7) is 1.97. The van der Waals surface area contributed by atoms with Crippen molar-refractivity contribution in [3.63, 3.8) is 0 Å². The molecule has 1 atom stereocenters. The summed E-state index contributed by atoms with van der Waals surface area (Å²) < 4.78 is 12.3. The molecule has 0 fully saturated rings. The minimum atomic E-state index is -0.368. The number of aryl methyl sites for hydroxylation is 1. The molecule has 106 valence electrons. The zero-order chi connectivity index (χ0) is 14.5. The summed E-state index contributed by atoms with van der Waals surface area (Å²) >= 11 is 0. The molecule has 0 amide bonds. The lowest BCUT2D eigenvalue weighted by molar-refractivity contribution is 0.0287. The number of hydrogen-bond acceptors (Lipinski definition) is 4. The maximum absolute atomic E-state index is 12.0. The van der Waals surface area contributed by atoms with Crippen LogP contribution in [0, 0.1) is 0 Å². The number of benzene rings is 1. The zero-order valence-corrected chi connectivity index (χ0v) is 11.9. The molecule has 0 aliphatic heterocycles. The minimum Gasteiger partial charge on any atom is -0.497 e. The minimum absolute atomic E-state index is 0.294. The highest BCUT2D eigenvalue weighted by Crippen LogP contribution is 2.25. The predicted molar refractivity (Wildman–Crippen MR) is 74.6 cm³/mol. The number of hydrogen-bond donors (Lipinski definition) is 0. The first-order valence-electron chi connectivity index (χ1n) is 6.47. The molecular formula is C15H18N2O3. The van der Waals surface area contributed by atoms with Crippen molar-refractivity contribution in [3.8, 4) is 5.75 Å². The molecule has 0 bridgehead atoms. The Morgan fingerprint density at radius 3 is 2.85 bits per heavy atom. The van der Waals surface area contributed by atoms with Crippen LogP contribution >= 0.6 is 0 Å². The molecule has 0 spiro atoms. The quantitative estimate of drug-likeness (QED) is 0.787. The Balaban J connectivity index is 2.14. The number of rotatable bonds is 5.